The Morgan fingerprint density at radius 1 is 0.962 bits per heavy atom. The molecule has 26 heavy (non-hydrogen) atoms. The highest BCUT2D eigenvalue weighted by Crippen LogP contribution is 2.20. The lowest BCUT2D eigenvalue weighted by Gasteiger charge is -2.08. The fourth-order valence-electron chi connectivity index (χ4n) is 2.00. The van der Waals surface area contributed by atoms with E-state index in [1.807, 2.05) is 5.94 Å². The second kappa shape index (κ2) is 10.4. The molecule has 1 heterocycles. The third-order valence-corrected chi connectivity index (χ3v) is 5.84. The molecule has 0 spiro atoms. The summed E-state index contributed by atoms with van der Waals surface area (Å²) in [6.07, 6.45) is 2.61. The zero-order valence-electron chi connectivity index (χ0n) is 13.6. The van der Waals surface area contributed by atoms with Gasteiger partial charge in [-0.2, -0.15) is 13.2 Å². The first-order valence-electron chi connectivity index (χ1n) is 7.48. The SMILES string of the molecule is O=C=C[S+]1CCCC1.O=S(=O)([O-])C(F)(F)F.c1ccc2ccccc2c1. The van der Waals surface area contributed by atoms with Gasteiger partial charge in [0.1, 0.15) is 11.5 Å². The van der Waals surface area contributed by atoms with E-state index in [1.165, 1.54) is 35.1 Å². The van der Waals surface area contributed by atoms with Crippen LogP contribution in [0.25, 0.3) is 10.8 Å². The predicted molar refractivity (Wildman–Crippen MR) is 96.3 cm³/mol. The topological polar surface area (TPSA) is 74.3 Å². The van der Waals surface area contributed by atoms with Crippen molar-refractivity contribution in [3.8, 4) is 0 Å². The monoisotopic (exact) mass is 406 g/mol. The first kappa shape index (κ1) is 22.2. The summed E-state index contributed by atoms with van der Waals surface area (Å²) < 4.78 is 58.9. The van der Waals surface area contributed by atoms with Gasteiger partial charge in [0, 0.05) is 10.9 Å². The van der Waals surface area contributed by atoms with E-state index in [0.29, 0.717) is 10.9 Å². The van der Waals surface area contributed by atoms with Crippen molar-refractivity contribution in [1.82, 2.24) is 0 Å². The molecule has 9 heteroatoms. The molecular weight excluding hydrogens is 389 g/mol. The second-order valence-corrected chi connectivity index (χ2v) is 8.63. The molecule has 0 unspecified atom stereocenters. The van der Waals surface area contributed by atoms with Crippen LogP contribution in [0.3, 0.4) is 0 Å². The molecule has 1 aliphatic rings. The number of alkyl halides is 3. The van der Waals surface area contributed by atoms with Crippen molar-refractivity contribution in [3.63, 3.8) is 0 Å². The molecule has 0 N–H and O–H groups in total. The average Bonchev–Trinajstić information content (AvgIpc) is 3.08. The fraction of sp³-hybridized carbons (Fsp3) is 0.294. The van der Waals surface area contributed by atoms with Crippen LogP contribution in [0.4, 0.5) is 13.2 Å². The van der Waals surface area contributed by atoms with E-state index in [1.54, 1.807) is 5.41 Å². The Bertz CT molecular complexity index is 773. The average molecular weight is 406 g/mol. The zero-order valence-corrected chi connectivity index (χ0v) is 15.2. The van der Waals surface area contributed by atoms with Crippen LogP contribution in [0.5, 0.6) is 0 Å². The zero-order chi connectivity index (χ0) is 19.6. The van der Waals surface area contributed by atoms with Crippen LogP contribution in [0.2, 0.25) is 0 Å². The van der Waals surface area contributed by atoms with Crippen molar-refractivity contribution >= 4 is 37.7 Å². The molecule has 3 rings (SSSR count). The van der Waals surface area contributed by atoms with Crippen LogP contribution < -0.4 is 0 Å². The summed E-state index contributed by atoms with van der Waals surface area (Å²) in [5.41, 5.74) is -5.65. The highest BCUT2D eigenvalue weighted by Gasteiger charge is 2.36. The molecule has 0 saturated carbocycles. The van der Waals surface area contributed by atoms with E-state index >= 15 is 0 Å². The molecule has 0 aliphatic carbocycles. The van der Waals surface area contributed by atoms with Gasteiger partial charge in [0.05, 0.1) is 0 Å². The standard InChI is InChI=1S/C10H8.C6H9OS.CHF3O3S/c1-2-6-10-8-4-3-7-9(10)5-1;7-3-6-8-4-1-2-5-8;2-1(3,4)8(5,6)7/h1-8H;6H,1-2,4-5H2;(H,5,6,7)/q;+1;/p-1. The van der Waals surface area contributed by atoms with Gasteiger partial charge in [-0.15, -0.1) is 0 Å². The molecular formula is C17H17F3O4S2. The number of hydrogen-bond donors (Lipinski definition) is 0. The molecule has 2 aromatic carbocycles. The number of carbonyl (C=O) groups excluding carboxylic acids is 1. The molecule has 4 nitrogen and oxygen atoms in total. The molecule has 1 aliphatic heterocycles. The normalized spacial score (nSPS) is 14.5. The summed E-state index contributed by atoms with van der Waals surface area (Å²) in [5, 5.41) is 4.31. The van der Waals surface area contributed by atoms with Crippen molar-refractivity contribution in [1.29, 1.82) is 0 Å². The first-order valence-corrected chi connectivity index (χ1v) is 10.5. The van der Waals surface area contributed by atoms with E-state index in [0.717, 1.165) is 0 Å². The Hall–Kier alpha value is -1.80. The maximum atomic E-state index is 10.7. The minimum Gasteiger partial charge on any atom is -0.741 e. The van der Waals surface area contributed by atoms with Crippen molar-refractivity contribution in [3.05, 3.63) is 53.9 Å². The van der Waals surface area contributed by atoms with Gasteiger partial charge in [0.2, 0.25) is 5.41 Å². The summed E-state index contributed by atoms with van der Waals surface area (Å²) in [6.45, 7) is 0. The molecule has 2 aromatic rings. The van der Waals surface area contributed by atoms with E-state index in [4.69, 9.17) is 13.0 Å². The Morgan fingerprint density at radius 2 is 1.31 bits per heavy atom. The second-order valence-electron chi connectivity index (χ2n) is 5.14. The van der Waals surface area contributed by atoms with Crippen LogP contribution >= 0.6 is 0 Å². The first-order chi connectivity index (χ1) is 12.1. The van der Waals surface area contributed by atoms with Crippen molar-refractivity contribution < 1.29 is 30.9 Å². The van der Waals surface area contributed by atoms with Crippen LogP contribution in [0, 0.1) is 0 Å². The lowest BCUT2D eigenvalue weighted by molar-refractivity contribution is -0.0517. The third kappa shape index (κ3) is 8.05. The highest BCUT2D eigenvalue weighted by molar-refractivity contribution is 8.00. The quantitative estimate of drug-likeness (QED) is 0.314. The minimum atomic E-state index is -6.09. The maximum absolute atomic E-state index is 10.7. The van der Waals surface area contributed by atoms with Crippen LogP contribution in [-0.2, 0) is 25.8 Å². The molecule has 0 atom stereocenters. The summed E-state index contributed by atoms with van der Waals surface area (Å²) in [6, 6.07) is 16.7. The number of fused-ring (bicyclic) bond motifs is 1. The molecule has 0 bridgehead atoms. The Labute approximate surface area is 152 Å². The van der Waals surface area contributed by atoms with Gasteiger partial charge in [0.15, 0.2) is 16.1 Å². The lowest BCUT2D eigenvalue weighted by Crippen LogP contribution is -2.21. The van der Waals surface area contributed by atoms with Gasteiger partial charge in [-0.3, -0.25) is 0 Å². The molecule has 1 fully saturated rings. The smallest absolute Gasteiger partial charge is 0.485 e. The molecule has 0 aromatic heterocycles. The van der Waals surface area contributed by atoms with E-state index in [-0.39, 0.29) is 0 Å². The van der Waals surface area contributed by atoms with E-state index in [2.05, 4.69) is 48.5 Å². The summed E-state index contributed by atoms with van der Waals surface area (Å²) in [5.74, 6) is 4.31. The van der Waals surface area contributed by atoms with Gasteiger partial charge >= 0.3 is 5.51 Å². The lowest BCUT2D eigenvalue weighted by atomic mass is 10.1. The number of hydrogen-bond acceptors (Lipinski definition) is 4. The van der Waals surface area contributed by atoms with Crippen molar-refractivity contribution in [2.24, 2.45) is 0 Å². The Balaban J connectivity index is 0.000000198. The molecule has 0 radical (unpaired) electrons. The molecule has 0 amide bonds. The van der Waals surface area contributed by atoms with Crippen molar-refractivity contribution in [2.75, 3.05) is 11.5 Å². The Morgan fingerprint density at radius 3 is 1.58 bits per heavy atom. The molecule has 1 saturated heterocycles. The van der Waals surface area contributed by atoms with E-state index < -0.39 is 15.6 Å². The predicted octanol–water partition coefficient (Wildman–Crippen LogP) is 3.64. The van der Waals surface area contributed by atoms with Gasteiger partial charge in [-0.1, -0.05) is 48.5 Å². The van der Waals surface area contributed by atoms with Gasteiger partial charge in [-0.25, -0.2) is 13.2 Å². The molecule has 142 valence electrons. The van der Waals surface area contributed by atoms with Crippen LogP contribution in [0.15, 0.2) is 53.9 Å². The summed E-state index contributed by atoms with van der Waals surface area (Å²) >= 11 is 0. The highest BCUT2D eigenvalue weighted by atomic mass is 32.2. The largest absolute Gasteiger partial charge is 0.741 e. The minimum absolute atomic E-state index is 0.324. The third-order valence-electron chi connectivity index (χ3n) is 3.22. The fourth-order valence-corrected chi connectivity index (χ4v) is 3.72. The number of halogens is 3. The Kier molecular flexibility index (Phi) is 8.87. The van der Waals surface area contributed by atoms with Crippen LogP contribution in [0.1, 0.15) is 12.8 Å². The van der Waals surface area contributed by atoms with Crippen molar-refractivity contribution in [2.45, 2.75) is 18.3 Å². The van der Waals surface area contributed by atoms with Gasteiger partial charge < -0.3 is 4.55 Å². The number of rotatable bonds is 1. The van der Waals surface area contributed by atoms with E-state index in [9.17, 15) is 18.0 Å². The van der Waals surface area contributed by atoms with Gasteiger partial charge in [-0.05, 0) is 23.6 Å². The van der Waals surface area contributed by atoms with Crippen LogP contribution in [-0.4, -0.2) is 35.9 Å². The number of benzene rings is 2. The summed E-state index contributed by atoms with van der Waals surface area (Å²) in [4.78, 5) is 9.79. The van der Waals surface area contributed by atoms with Gasteiger partial charge in [0.25, 0.3) is 0 Å². The maximum Gasteiger partial charge on any atom is 0.485 e. The summed E-state index contributed by atoms with van der Waals surface area (Å²) in [7, 11) is -5.77.